The molecule has 2 aromatic rings. The van der Waals surface area contributed by atoms with Crippen LogP contribution in [0.3, 0.4) is 0 Å². The molecule has 0 spiro atoms. The third-order valence-corrected chi connectivity index (χ3v) is 4.70. The van der Waals surface area contributed by atoms with Gasteiger partial charge in [-0.2, -0.15) is 0 Å². The fraction of sp³-hybridized carbons (Fsp3) is 0.200. The number of nitrogens with two attached hydrogens (primary N) is 1. The minimum Gasteiger partial charge on any atom is -0.271 e. The molecule has 1 unspecified atom stereocenters. The van der Waals surface area contributed by atoms with E-state index in [-0.39, 0.29) is 6.04 Å². The van der Waals surface area contributed by atoms with Gasteiger partial charge in [-0.3, -0.25) is 11.3 Å². The smallest absolute Gasteiger partial charge is 0.0500 e. The minimum absolute atomic E-state index is 0.000440. The van der Waals surface area contributed by atoms with E-state index in [1.165, 1.54) is 5.56 Å². The summed E-state index contributed by atoms with van der Waals surface area (Å²) >= 11 is 15.6. The molecule has 106 valence electrons. The van der Waals surface area contributed by atoms with Crippen molar-refractivity contribution >= 4 is 39.1 Å². The van der Waals surface area contributed by atoms with Gasteiger partial charge in [0.1, 0.15) is 0 Å². The summed E-state index contributed by atoms with van der Waals surface area (Å²) in [6, 6.07) is 11.7. The van der Waals surface area contributed by atoms with Crippen LogP contribution in [0.2, 0.25) is 10.0 Å². The summed E-state index contributed by atoms with van der Waals surface area (Å²) in [5.41, 5.74) is 6.16. The molecule has 0 aliphatic rings. The van der Waals surface area contributed by atoms with Crippen LogP contribution in [0.15, 0.2) is 40.9 Å². The number of hydrazine groups is 1. The highest BCUT2D eigenvalue weighted by Gasteiger charge is 2.13. The van der Waals surface area contributed by atoms with Gasteiger partial charge in [0, 0.05) is 14.5 Å². The number of halogens is 3. The Balaban J connectivity index is 2.26. The molecule has 0 aromatic heterocycles. The van der Waals surface area contributed by atoms with Crippen molar-refractivity contribution in [1.29, 1.82) is 0 Å². The van der Waals surface area contributed by atoms with Crippen LogP contribution in [-0.2, 0) is 6.42 Å². The molecule has 0 heterocycles. The number of benzene rings is 2. The Bertz CT molecular complexity index is 617. The number of aryl methyl sites for hydroxylation is 1. The van der Waals surface area contributed by atoms with Crippen LogP contribution < -0.4 is 11.3 Å². The third kappa shape index (κ3) is 3.74. The normalized spacial score (nSPS) is 12.4. The quantitative estimate of drug-likeness (QED) is 0.596. The van der Waals surface area contributed by atoms with Gasteiger partial charge in [0.15, 0.2) is 0 Å². The van der Waals surface area contributed by atoms with E-state index in [1.807, 2.05) is 24.3 Å². The van der Waals surface area contributed by atoms with E-state index < -0.39 is 0 Å². The second-order valence-electron chi connectivity index (χ2n) is 4.67. The van der Waals surface area contributed by atoms with Crippen molar-refractivity contribution in [2.75, 3.05) is 0 Å². The monoisotopic (exact) mass is 372 g/mol. The van der Waals surface area contributed by atoms with Crippen molar-refractivity contribution < 1.29 is 0 Å². The maximum atomic E-state index is 6.21. The summed E-state index contributed by atoms with van der Waals surface area (Å²) in [5.74, 6) is 5.69. The largest absolute Gasteiger partial charge is 0.271 e. The van der Waals surface area contributed by atoms with E-state index in [4.69, 9.17) is 29.0 Å². The molecular formula is C15H15BrCl2N2. The average molecular weight is 374 g/mol. The Morgan fingerprint density at radius 1 is 1.20 bits per heavy atom. The molecule has 20 heavy (non-hydrogen) atoms. The highest BCUT2D eigenvalue weighted by atomic mass is 79.9. The molecule has 0 bridgehead atoms. The van der Waals surface area contributed by atoms with Crippen LogP contribution in [0.25, 0.3) is 0 Å². The van der Waals surface area contributed by atoms with Crippen LogP contribution in [-0.4, -0.2) is 0 Å². The predicted molar refractivity (Wildman–Crippen MR) is 89.1 cm³/mol. The van der Waals surface area contributed by atoms with Gasteiger partial charge in [-0.05, 0) is 48.2 Å². The summed E-state index contributed by atoms with van der Waals surface area (Å²) in [6.07, 6.45) is 0.702. The number of hydrogen-bond acceptors (Lipinski definition) is 2. The van der Waals surface area contributed by atoms with Gasteiger partial charge in [0.25, 0.3) is 0 Å². The van der Waals surface area contributed by atoms with Gasteiger partial charge in [-0.15, -0.1) is 0 Å². The Kier molecular flexibility index (Phi) is 5.47. The molecular weight excluding hydrogens is 359 g/mol. The van der Waals surface area contributed by atoms with Crippen LogP contribution in [0.5, 0.6) is 0 Å². The van der Waals surface area contributed by atoms with Crippen molar-refractivity contribution in [2.45, 2.75) is 19.4 Å². The molecule has 2 aromatic carbocycles. The molecule has 0 amide bonds. The Hall–Kier alpha value is -0.580. The Labute approximate surface area is 137 Å². The molecule has 0 saturated heterocycles. The summed E-state index contributed by atoms with van der Waals surface area (Å²) in [5, 5.41) is 1.29. The first-order valence-electron chi connectivity index (χ1n) is 6.17. The van der Waals surface area contributed by atoms with Crippen molar-refractivity contribution in [3.63, 3.8) is 0 Å². The highest BCUT2D eigenvalue weighted by molar-refractivity contribution is 9.10. The van der Waals surface area contributed by atoms with Crippen LogP contribution in [0.4, 0.5) is 0 Å². The van der Waals surface area contributed by atoms with Crippen LogP contribution in [0.1, 0.15) is 22.7 Å². The van der Waals surface area contributed by atoms with Crippen molar-refractivity contribution in [3.8, 4) is 0 Å². The second kappa shape index (κ2) is 6.92. The second-order valence-corrected chi connectivity index (χ2v) is 6.37. The summed E-state index contributed by atoms with van der Waals surface area (Å²) in [6.45, 7) is 2.05. The lowest BCUT2D eigenvalue weighted by molar-refractivity contribution is 0.551. The van der Waals surface area contributed by atoms with E-state index >= 15 is 0 Å². The molecule has 3 N–H and O–H groups in total. The fourth-order valence-corrected chi connectivity index (χ4v) is 2.80. The minimum atomic E-state index is 0.000440. The lowest BCUT2D eigenvalue weighted by Gasteiger charge is -2.18. The van der Waals surface area contributed by atoms with E-state index in [0.29, 0.717) is 16.5 Å². The van der Waals surface area contributed by atoms with Gasteiger partial charge in [-0.25, -0.2) is 0 Å². The van der Waals surface area contributed by atoms with Gasteiger partial charge >= 0.3 is 0 Å². The molecule has 1 atom stereocenters. The number of rotatable bonds is 4. The molecule has 5 heteroatoms. The van der Waals surface area contributed by atoms with E-state index in [9.17, 15) is 0 Å². The molecule has 2 nitrogen and oxygen atoms in total. The summed E-state index contributed by atoms with van der Waals surface area (Å²) in [7, 11) is 0. The van der Waals surface area contributed by atoms with Gasteiger partial charge in [-0.1, -0.05) is 57.3 Å². The van der Waals surface area contributed by atoms with E-state index in [2.05, 4.69) is 34.3 Å². The average Bonchev–Trinajstić information content (AvgIpc) is 2.41. The van der Waals surface area contributed by atoms with Gasteiger partial charge in [0.05, 0.1) is 6.04 Å². The first-order chi connectivity index (χ1) is 9.51. The molecule has 0 fully saturated rings. The zero-order valence-corrected chi connectivity index (χ0v) is 14.1. The zero-order chi connectivity index (χ0) is 14.7. The van der Waals surface area contributed by atoms with Crippen LogP contribution in [0, 0.1) is 6.92 Å². The SMILES string of the molecule is Cc1cc(C(Cc2ccc(Cl)cc2Cl)NN)ccc1Br. The van der Waals surface area contributed by atoms with Gasteiger partial charge < -0.3 is 0 Å². The first kappa shape index (κ1) is 15.8. The molecule has 0 aliphatic heterocycles. The van der Waals surface area contributed by atoms with Gasteiger partial charge in [0.2, 0.25) is 0 Å². The van der Waals surface area contributed by atoms with E-state index in [1.54, 1.807) is 6.07 Å². The molecule has 0 saturated carbocycles. The first-order valence-corrected chi connectivity index (χ1v) is 7.72. The van der Waals surface area contributed by atoms with Crippen molar-refractivity contribution in [3.05, 3.63) is 67.6 Å². The lowest BCUT2D eigenvalue weighted by atomic mass is 9.98. The summed E-state index contributed by atoms with van der Waals surface area (Å²) < 4.78 is 1.08. The predicted octanol–water partition coefficient (Wildman–Crippen LogP) is 4.81. The number of hydrogen-bond donors (Lipinski definition) is 2. The maximum Gasteiger partial charge on any atom is 0.0500 e. The Morgan fingerprint density at radius 3 is 2.55 bits per heavy atom. The number of nitrogens with one attached hydrogen (secondary N) is 1. The Morgan fingerprint density at radius 2 is 1.95 bits per heavy atom. The topological polar surface area (TPSA) is 38.0 Å². The lowest BCUT2D eigenvalue weighted by Crippen LogP contribution is -2.29. The standard InChI is InChI=1S/C15H15BrCl2N2/c1-9-6-11(3-5-13(9)16)15(20-19)7-10-2-4-12(17)8-14(10)18/h2-6,8,15,20H,7,19H2,1H3. The van der Waals surface area contributed by atoms with Crippen LogP contribution >= 0.6 is 39.1 Å². The van der Waals surface area contributed by atoms with Crippen molar-refractivity contribution in [2.24, 2.45) is 5.84 Å². The zero-order valence-electron chi connectivity index (χ0n) is 11.0. The molecule has 0 radical (unpaired) electrons. The maximum absolute atomic E-state index is 6.21. The fourth-order valence-electron chi connectivity index (χ4n) is 2.06. The third-order valence-electron chi connectivity index (χ3n) is 3.22. The molecule has 0 aliphatic carbocycles. The van der Waals surface area contributed by atoms with Crippen molar-refractivity contribution in [1.82, 2.24) is 5.43 Å². The highest BCUT2D eigenvalue weighted by Crippen LogP contribution is 2.27. The molecule has 2 rings (SSSR count). The summed E-state index contributed by atoms with van der Waals surface area (Å²) in [4.78, 5) is 0. The van der Waals surface area contributed by atoms with E-state index in [0.717, 1.165) is 15.6 Å².